The number of carbonyl (C=O) groups is 3. The lowest BCUT2D eigenvalue weighted by Crippen LogP contribution is -2.59. The van der Waals surface area contributed by atoms with Crippen LogP contribution in [0, 0.1) is 0 Å². The molecule has 2 atom stereocenters. The fourth-order valence-corrected chi connectivity index (χ4v) is 5.05. The maximum atomic E-state index is 14.1. The molecule has 0 aliphatic rings. The zero-order chi connectivity index (χ0) is 31.1. The molecule has 0 radical (unpaired) electrons. The molecular weight excluding hydrogens is 560 g/mol. The van der Waals surface area contributed by atoms with Crippen LogP contribution in [-0.2, 0) is 32.1 Å². The van der Waals surface area contributed by atoms with Crippen LogP contribution in [0.5, 0.6) is 0 Å². The van der Waals surface area contributed by atoms with Gasteiger partial charge in [-0.05, 0) is 50.3 Å². The van der Waals surface area contributed by atoms with Gasteiger partial charge in [0.15, 0.2) is 6.61 Å². The number of rotatable bonds is 12. The predicted octanol–water partition coefficient (Wildman–Crippen LogP) is 5.10. The molecule has 0 aliphatic heterocycles. The number of ether oxygens (including phenoxy) is 2. The Morgan fingerprint density at radius 3 is 2.45 bits per heavy atom. The van der Waals surface area contributed by atoms with Gasteiger partial charge in [0.2, 0.25) is 5.91 Å². The van der Waals surface area contributed by atoms with Gasteiger partial charge in [0.05, 0.1) is 12.6 Å². The number of aromatic amines is 1. The number of fused-ring (bicyclic) bond motifs is 2. The van der Waals surface area contributed by atoms with Crippen molar-refractivity contribution in [3.05, 3.63) is 108 Å². The average Bonchev–Trinajstić information content (AvgIpc) is 3.62. The van der Waals surface area contributed by atoms with Crippen LogP contribution in [-0.4, -0.2) is 60.6 Å². The molecule has 2 heterocycles. The Hall–Kier alpha value is -5.09. The molecule has 0 saturated heterocycles. The first-order valence-electron chi connectivity index (χ1n) is 14.3. The van der Waals surface area contributed by atoms with Gasteiger partial charge in [-0.1, -0.05) is 66.7 Å². The van der Waals surface area contributed by atoms with Crippen LogP contribution in [0.2, 0.25) is 0 Å². The first-order chi connectivity index (χ1) is 21.2. The fourth-order valence-electron chi connectivity index (χ4n) is 5.05. The monoisotopic (exact) mass is 596 g/mol. The Balaban J connectivity index is 1.36. The van der Waals surface area contributed by atoms with Gasteiger partial charge in [0, 0.05) is 28.9 Å². The van der Waals surface area contributed by atoms with Crippen molar-refractivity contribution >= 4 is 39.8 Å². The van der Waals surface area contributed by atoms with E-state index in [1.54, 1.807) is 25.9 Å². The van der Waals surface area contributed by atoms with Gasteiger partial charge in [-0.3, -0.25) is 14.5 Å². The summed E-state index contributed by atoms with van der Waals surface area (Å²) in [7, 11) is 3.54. The average molecular weight is 597 g/mol. The number of likely N-dealkylation sites (N-methyl/N-ethyl adjacent to an activating group) is 1. The van der Waals surface area contributed by atoms with E-state index in [2.05, 4.69) is 15.6 Å². The van der Waals surface area contributed by atoms with Crippen LogP contribution in [0.1, 0.15) is 29.9 Å². The molecule has 3 aromatic carbocycles. The third-order valence-electron chi connectivity index (χ3n) is 7.28. The summed E-state index contributed by atoms with van der Waals surface area (Å²) in [4.78, 5) is 44.6. The van der Waals surface area contributed by atoms with E-state index in [1.165, 1.54) is 0 Å². The van der Waals surface area contributed by atoms with E-state index in [-0.39, 0.29) is 26.2 Å². The van der Waals surface area contributed by atoms with Gasteiger partial charge in [0.25, 0.3) is 0 Å². The number of esters is 1. The number of carbonyl (C=O) groups excluding carboxylic acids is 3. The lowest BCUT2D eigenvalue weighted by atomic mass is 9.91. The number of para-hydroxylation sites is 2. The molecule has 0 bridgehead atoms. The lowest BCUT2D eigenvalue weighted by Gasteiger charge is -2.31. The summed E-state index contributed by atoms with van der Waals surface area (Å²) in [5, 5.41) is 7.64. The Morgan fingerprint density at radius 2 is 1.68 bits per heavy atom. The second-order valence-corrected chi connectivity index (χ2v) is 11.2. The number of amides is 2. The number of aromatic nitrogens is 1. The minimum atomic E-state index is -1.45. The van der Waals surface area contributed by atoms with E-state index in [4.69, 9.17) is 13.9 Å². The Labute approximate surface area is 255 Å². The van der Waals surface area contributed by atoms with E-state index in [9.17, 15) is 14.4 Å². The van der Waals surface area contributed by atoms with Crippen molar-refractivity contribution in [1.82, 2.24) is 20.5 Å². The quantitative estimate of drug-likeness (QED) is 0.171. The van der Waals surface area contributed by atoms with Gasteiger partial charge in [-0.15, -0.1) is 0 Å². The van der Waals surface area contributed by atoms with Gasteiger partial charge >= 0.3 is 12.1 Å². The van der Waals surface area contributed by atoms with Crippen molar-refractivity contribution in [3.63, 3.8) is 0 Å². The number of nitrogens with one attached hydrogen (secondary N) is 3. The maximum absolute atomic E-state index is 14.1. The Kier molecular flexibility index (Phi) is 9.30. The second kappa shape index (κ2) is 13.5. The van der Waals surface area contributed by atoms with Crippen molar-refractivity contribution in [3.8, 4) is 0 Å². The largest absolute Gasteiger partial charge is 0.462 e. The number of H-pyrrole nitrogens is 1. The summed E-state index contributed by atoms with van der Waals surface area (Å²) in [6.45, 7) is 1.56. The van der Waals surface area contributed by atoms with Crippen LogP contribution >= 0.6 is 0 Å². The Morgan fingerprint density at radius 1 is 0.955 bits per heavy atom. The second-order valence-electron chi connectivity index (χ2n) is 11.2. The molecule has 2 unspecified atom stereocenters. The van der Waals surface area contributed by atoms with Gasteiger partial charge in [-0.2, -0.15) is 0 Å². The highest BCUT2D eigenvalue weighted by Crippen LogP contribution is 2.25. The van der Waals surface area contributed by atoms with Crippen LogP contribution < -0.4 is 10.6 Å². The summed E-state index contributed by atoms with van der Waals surface area (Å²) >= 11 is 0. The standard InChI is InChI=1S/C34H36N4O6/c1-34(18-25-19-35-28-15-9-8-14-27(25)28,37-33(41)43-21-26-17-24-13-7-10-16-30(24)44-26)32(40)36-29(23-11-5-4-6-12-23)22-42-31(39)20-38(2)3/h4-17,19,29,35H,18,20-22H2,1-3H3,(H,36,40)(H,37,41). The van der Waals surface area contributed by atoms with Crippen molar-refractivity contribution in [2.24, 2.45) is 0 Å². The number of hydrogen-bond donors (Lipinski definition) is 3. The normalized spacial score (nSPS) is 13.4. The number of benzene rings is 3. The van der Waals surface area contributed by atoms with Gasteiger partial charge < -0.3 is 29.5 Å². The fraction of sp³-hybridized carbons (Fsp3) is 0.265. The number of nitrogens with zero attached hydrogens (tertiary/aromatic N) is 1. The highest BCUT2D eigenvalue weighted by Gasteiger charge is 2.38. The molecule has 228 valence electrons. The summed E-state index contributed by atoms with van der Waals surface area (Å²) in [6.07, 6.45) is 1.21. The third kappa shape index (κ3) is 7.45. The molecule has 3 N–H and O–H groups in total. The number of hydrogen-bond acceptors (Lipinski definition) is 7. The molecule has 5 rings (SSSR count). The first-order valence-corrected chi connectivity index (χ1v) is 14.3. The SMILES string of the molecule is CN(C)CC(=O)OCC(NC(=O)C(C)(Cc1c[nH]c2ccccc12)NC(=O)OCc1cc2ccccc2o1)c1ccccc1. The smallest absolute Gasteiger partial charge is 0.408 e. The van der Waals surface area contributed by atoms with Gasteiger partial charge in [-0.25, -0.2) is 4.79 Å². The predicted molar refractivity (Wildman–Crippen MR) is 167 cm³/mol. The van der Waals surface area contributed by atoms with Gasteiger partial charge in [0.1, 0.15) is 23.5 Å². The number of alkyl carbamates (subject to hydrolysis) is 1. The number of furan rings is 1. The van der Waals surface area contributed by atoms with Crippen molar-refractivity contribution in [2.45, 2.75) is 31.5 Å². The summed E-state index contributed by atoms with van der Waals surface area (Å²) in [6, 6.07) is 25.6. The molecule has 44 heavy (non-hydrogen) atoms. The molecule has 0 aliphatic carbocycles. The zero-order valence-electron chi connectivity index (χ0n) is 25.0. The molecule has 5 aromatic rings. The minimum Gasteiger partial charge on any atom is -0.462 e. The molecule has 0 spiro atoms. The molecule has 10 nitrogen and oxygen atoms in total. The molecule has 10 heteroatoms. The molecular formula is C34H36N4O6. The summed E-state index contributed by atoms with van der Waals surface area (Å²) in [5.74, 6) is -0.409. The van der Waals surface area contributed by atoms with E-state index in [0.717, 1.165) is 27.4 Å². The van der Waals surface area contributed by atoms with E-state index in [1.807, 2.05) is 91.1 Å². The lowest BCUT2D eigenvalue weighted by molar-refractivity contribution is -0.146. The minimum absolute atomic E-state index is 0.0813. The summed E-state index contributed by atoms with van der Waals surface area (Å²) < 4.78 is 16.8. The van der Waals surface area contributed by atoms with Crippen LogP contribution in [0.4, 0.5) is 4.79 Å². The van der Waals surface area contributed by atoms with Crippen molar-refractivity contribution < 1.29 is 28.3 Å². The molecule has 0 fully saturated rings. The zero-order valence-corrected chi connectivity index (χ0v) is 25.0. The molecule has 0 saturated carbocycles. The highest BCUT2D eigenvalue weighted by molar-refractivity contribution is 5.92. The van der Waals surface area contributed by atoms with Crippen LogP contribution in [0.25, 0.3) is 21.9 Å². The first kappa shape index (κ1) is 30.4. The van der Waals surface area contributed by atoms with Crippen LogP contribution in [0.15, 0.2) is 95.5 Å². The van der Waals surface area contributed by atoms with Crippen molar-refractivity contribution in [2.75, 3.05) is 27.2 Å². The van der Waals surface area contributed by atoms with E-state index >= 15 is 0 Å². The Bertz CT molecular complexity index is 1710. The highest BCUT2D eigenvalue weighted by atomic mass is 16.6. The molecule has 2 amide bonds. The van der Waals surface area contributed by atoms with E-state index in [0.29, 0.717) is 11.3 Å². The topological polar surface area (TPSA) is 126 Å². The van der Waals surface area contributed by atoms with Crippen LogP contribution in [0.3, 0.4) is 0 Å². The van der Waals surface area contributed by atoms with E-state index < -0.39 is 29.6 Å². The third-order valence-corrected chi connectivity index (χ3v) is 7.28. The maximum Gasteiger partial charge on any atom is 0.408 e. The van der Waals surface area contributed by atoms with Crippen molar-refractivity contribution in [1.29, 1.82) is 0 Å². The molecule has 2 aromatic heterocycles. The summed E-state index contributed by atoms with van der Waals surface area (Å²) in [5.41, 5.74) is 1.74.